The van der Waals surface area contributed by atoms with Crippen molar-refractivity contribution in [2.75, 3.05) is 11.4 Å². The van der Waals surface area contributed by atoms with Gasteiger partial charge in [0.1, 0.15) is 0 Å². The third kappa shape index (κ3) is 2.11. The van der Waals surface area contributed by atoms with Gasteiger partial charge < -0.3 is 10.0 Å². The van der Waals surface area contributed by atoms with E-state index in [0.29, 0.717) is 0 Å². The number of hydrogen-bond donors (Lipinski definition) is 1. The summed E-state index contributed by atoms with van der Waals surface area (Å²) in [6.45, 7) is 5.78. The molecule has 0 unspecified atom stereocenters. The summed E-state index contributed by atoms with van der Waals surface area (Å²) in [6.07, 6.45) is 2.50. The Bertz CT molecular complexity index is 390. The lowest BCUT2D eigenvalue weighted by Crippen LogP contribution is -2.38. The van der Waals surface area contributed by atoms with Crippen LogP contribution in [0.25, 0.3) is 0 Å². The summed E-state index contributed by atoms with van der Waals surface area (Å²) in [4.78, 5) is 2.44. The van der Waals surface area contributed by atoms with E-state index in [4.69, 9.17) is 5.11 Å². The first kappa shape index (κ1) is 11.9. The van der Waals surface area contributed by atoms with Crippen molar-refractivity contribution in [2.45, 2.75) is 38.8 Å². The minimum atomic E-state index is 0.0876. The van der Waals surface area contributed by atoms with Gasteiger partial charge >= 0.3 is 0 Å². The Labute approximate surface area is 105 Å². The maximum Gasteiger partial charge on any atom is 0.0692 e. The molecule has 0 aromatic heterocycles. The lowest BCUT2D eigenvalue weighted by molar-refractivity contribution is 0.281. The molecule has 2 nitrogen and oxygen atoms in total. The SMILES string of the molecule is CC1(C)CCCN1c1ccc(CO)c(Br)c1. The lowest BCUT2D eigenvalue weighted by atomic mass is 10.0. The van der Waals surface area contributed by atoms with E-state index in [2.05, 4.69) is 46.8 Å². The zero-order chi connectivity index (χ0) is 11.8. The highest BCUT2D eigenvalue weighted by Gasteiger charge is 2.31. The smallest absolute Gasteiger partial charge is 0.0692 e. The number of aliphatic hydroxyl groups excluding tert-OH is 1. The third-order valence-corrected chi connectivity index (χ3v) is 4.16. The van der Waals surface area contributed by atoms with Crippen LogP contribution >= 0.6 is 15.9 Å². The molecule has 88 valence electrons. The van der Waals surface area contributed by atoms with Gasteiger partial charge in [-0.1, -0.05) is 22.0 Å². The van der Waals surface area contributed by atoms with E-state index in [1.807, 2.05) is 6.07 Å². The van der Waals surface area contributed by atoms with Crippen molar-refractivity contribution < 1.29 is 5.11 Å². The molecule has 2 rings (SSSR count). The minimum absolute atomic E-state index is 0.0876. The summed E-state index contributed by atoms with van der Waals surface area (Å²) in [5, 5.41) is 9.13. The highest BCUT2D eigenvalue weighted by atomic mass is 79.9. The summed E-state index contributed by atoms with van der Waals surface area (Å²) in [6, 6.07) is 6.20. The van der Waals surface area contributed by atoms with Gasteiger partial charge in [0.25, 0.3) is 0 Å². The summed E-state index contributed by atoms with van der Waals surface area (Å²) in [7, 11) is 0. The molecule has 16 heavy (non-hydrogen) atoms. The highest BCUT2D eigenvalue weighted by molar-refractivity contribution is 9.10. The van der Waals surface area contributed by atoms with Crippen molar-refractivity contribution in [3.05, 3.63) is 28.2 Å². The van der Waals surface area contributed by atoms with Crippen LogP contribution in [0.1, 0.15) is 32.3 Å². The molecule has 0 saturated carbocycles. The van der Waals surface area contributed by atoms with Crippen molar-refractivity contribution >= 4 is 21.6 Å². The Balaban J connectivity index is 2.31. The lowest BCUT2D eigenvalue weighted by Gasteiger charge is -2.34. The Morgan fingerprint density at radius 3 is 2.69 bits per heavy atom. The summed E-state index contributed by atoms with van der Waals surface area (Å²) >= 11 is 3.51. The molecule has 0 aliphatic carbocycles. The van der Waals surface area contributed by atoms with Crippen LogP contribution in [0.15, 0.2) is 22.7 Å². The maximum absolute atomic E-state index is 9.13. The molecule has 0 atom stereocenters. The van der Waals surface area contributed by atoms with E-state index in [1.165, 1.54) is 18.5 Å². The second kappa shape index (κ2) is 4.38. The van der Waals surface area contributed by atoms with Crippen LogP contribution in [-0.2, 0) is 6.61 Å². The average Bonchev–Trinajstić information content (AvgIpc) is 2.58. The second-order valence-electron chi connectivity index (χ2n) is 5.00. The molecule has 1 aromatic carbocycles. The number of rotatable bonds is 2. The average molecular weight is 284 g/mol. The fourth-order valence-corrected chi connectivity index (χ4v) is 2.91. The zero-order valence-electron chi connectivity index (χ0n) is 9.83. The Kier molecular flexibility index (Phi) is 3.27. The number of anilines is 1. The van der Waals surface area contributed by atoms with Crippen LogP contribution in [0.3, 0.4) is 0 Å². The van der Waals surface area contributed by atoms with Crippen LogP contribution in [0.5, 0.6) is 0 Å². The molecule has 0 amide bonds. The van der Waals surface area contributed by atoms with Gasteiger partial charge in [0.05, 0.1) is 6.61 Å². The first-order valence-corrected chi connectivity index (χ1v) is 6.51. The molecule has 1 saturated heterocycles. The molecule has 1 aromatic rings. The van der Waals surface area contributed by atoms with Gasteiger partial charge in [-0.25, -0.2) is 0 Å². The van der Waals surface area contributed by atoms with E-state index >= 15 is 0 Å². The third-order valence-electron chi connectivity index (χ3n) is 3.42. The normalized spacial score (nSPS) is 19.1. The Morgan fingerprint density at radius 2 is 2.19 bits per heavy atom. The molecule has 1 fully saturated rings. The van der Waals surface area contributed by atoms with Crippen molar-refractivity contribution in [3.63, 3.8) is 0 Å². The van der Waals surface area contributed by atoms with Crippen LogP contribution in [0.4, 0.5) is 5.69 Å². The maximum atomic E-state index is 9.13. The number of nitrogens with zero attached hydrogens (tertiary/aromatic N) is 1. The molecule has 1 heterocycles. The van der Waals surface area contributed by atoms with E-state index < -0.39 is 0 Å². The monoisotopic (exact) mass is 283 g/mol. The molecule has 1 aliphatic heterocycles. The van der Waals surface area contributed by atoms with Gasteiger partial charge in [-0.15, -0.1) is 0 Å². The van der Waals surface area contributed by atoms with E-state index in [-0.39, 0.29) is 12.1 Å². The van der Waals surface area contributed by atoms with Crippen molar-refractivity contribution in [3.8, 4) is 0 Å². The van der Waals surface area contributed by atoms with Crippen LogP contribution in [0.2, 0.25) is 0 Å². The summed E-state index contributed by atoms with van der Waals surface area (Å²) in [5.41, 5.74) is 2.44. The number of hydrogen-bond acceptors (Lipinski definition) is 2. The Morgan fingerprint density at radius 1 is 1.44 bits per heavy atom. The van der Waals surface area contributed by atoms with Crippen LogP contribution in [0, 0.1) is 0 Å². The standard InChI is InChI=1S/C13H18BrNO/c1-13(2)6-3-7-15(13)11-5-4-10(9-16)12(14)8-11/h4-5,8,16H,3,6-7,9H2,1-2H3. The second-order valence-corrected chi connectivity index (χ2v) is 5.86. The van der Waals surface area contributed by atoms with E-state index in [0.717, 1.165) is 16.6 Å². The predicted octanol–water partition coefficient (Wildman–Crippen LogP) is 3.32. The van der Waals surface area contributed by atoms with E-state index in [9.17, 15) is 0 Å². The molecule has 1 N–H and O–H groups in total. The zero-order valence-corrected chi connectivity index (χ0v) is 11.4. The first-order chi connectivity index (χ1) is 7.54. The number of aliphatic hydroxyl groups is 1. The summed E-state index contributed by atoms with van der Waals surface area (Å²) < 4.78 is 0.996. The number of benzene rings is 1. The first-order valence-electron chi connectivity index (χ1n) is 5.71. The largest absolute Gasteiger partial charge is 0.392 e. The van der Waals surface area contributed by atoms with Crippen molar-refractivity contribution in [1.29, 1.82) is 0 Å². The molecule has 1 aliphatic rings. The van der Waals surface area contributed by atoms with Crippen LogP contribution in [-0.4, -0.2) is 17.2 Å². The highest BCUT2D eigenvalue weighted by Crippen LogP contribution is 2.35. The van der Waals surface area contributed by atoms with Crippen LogP contribution < -0.4 is 4.90 Å². The molecule has 3 heteroatoms. The van der Waals surface area contributed by atoms with Crippen molar-refractivity contribution in [1.82, 2.24) is 0 Å². The molecule has 0 radical (unpaired) electrons. The van der Waals surface area contributed by atoms with Gasteiger partial charge in [0, 0.05) is 22.2 Å². The van der Waals surface area contributed by atoms with Gasteiger partial charge in [-0.05, 0) is 44.4 Å². The van der Waals surface area contributed by atoms with Gasteiger partial charge in [-0.3, -0.25) is 0 Å². The topological polar surface area (TPSA) is 23.5 Å². The fraction of sp³-hybridized carbons (Fsp3) is 0.538. The van der Waals surface area contributed by atoms with Gasteiger partial charge in [0.2, 0.25) is 0 Å². The van der Waals surface area contributed by atoms with Gasteiger partial charge in [0.15, 0.2) is 0 Å². The summed E-state index contributed by atoms with van der Waals surface area (Å²) in [5.74, 6) is 0. The number of halogens is 1. The Hall–Kier alpha value is -0.540. The molecule has 0 bridgehead atoms. The predicted molar refractivity (Wildman–Crippen MR) is 70.7 cm³/mol. The van der Waals surface area contributed by atoms with Gasteiger partial charge in [-0.2, -0.15) is 0 Å². The molecular weight excluding hydrogens is 266 g/mol. The quantitative estimate of drug-likeness (QED) is 0.900. The molecular formula is C13H18BrNO. The molecule has 0 spiro atoms. The minimum Gasteiger partial charge on any atom is -0.392 e. The van der Waals surface area contributed by atoms with E-state index in [1.54, 1.807) is 0 Å². The fourth-order valence-electron chi connectivity index (χ4n) is 2.42. The van der Waals surface area contributed by atoms with Crippen molar-refractivity contribution in [2.24, 2.45) is 0 Å².